The number of allylic oxidation sites excluding steroid dienone is 8. The van der Waals surface area contributed by atoms with Gasteiger partial charge in [0.05, 0.1) is 0 Å². The van der Waals surface area contributed by atoms with Gasteiger partial charge in [-0.15, -0.1) is 0 Å². The van der Waals surface area contributed by atoms with Crippen LogP contribution in [0.3, 0.4) is 0 Å². The Morgan fingerprint density at radius 3 is 2.55 bits per heavy atom. The molecule has 0 aromatic carbocycles. The van der Waals surface area contributed by atoms with Gasteiger partial charge in [-0.2, -0.15) is 0 Å². The van der Waals surface area contributed by atoms with Gasteiger partial charge in [-0.3, -0.25) is 0 Å². The van der Waals surface area contributed by atoms with E-state index in [4.69, 9.17) is 0 Å². The number of hydrogen-bond donors (Lipinski definition) is 0. The van der Waals surface area contributed by atoms with E-state index in [1.54, 1.807) is 27.9 Å². The lowest BCUT2D eigenvalue weighted by Gasteiger charge is -2.37. The van der Waals surface area contributed by atoms with Crippen LogP contribution in [0.25, 0.3) is 0 Å². The molecular formula is C22H30. The number of rotatable bonds is 1. The first-order chi connectivity index (χ1) is 10.8. The molecule has 0 aromatic rings. The highest BCUT2D eigenvalue weighted by molar-refractivity contribution is 5.63. The van der Waals surface area contributed by atoms with E-state index in [1.807, 2.05) is 11.1 Å². The SMILES string of the molecule is CC1=CCC2CCCCC2=C1C1=C(C)CCC2=C1CCCC2. The largest absolute Gasteiger partial charge is 0.0804 e. The van der Waals surface area contributed by atoms with Crippen molar-refractivity contribution in [1.82, 2.24) is 0 Å². The second kappa shape index (κ2) is 5.87. The van der Waals surface area contributed by atoms with Crippen LogP contribution in [0.4, 0.5) is 0 Å². The van der Waals surface area contributed by atoms with E-state index in [0.717, 1.165) is 5.92 Å². The van der Waals surface area contributed by atoms with Crippen LogP contribution in [0.15, 0.2) is 45.1 Å². The Kier molecular flexibility index (Phi) is 3.88. The lowest BCUT2D eigenvalue weighted by molar-refractivity contribution is 0.447. The van der Waals surface area contributed by atoms with Crippen LogP contribution in [0, 0.1) is 5.92 Å². The molecule has 1 unspecified atom stereocenters. The summed E-state index contributed by atoms with van der Waals surface area (Å²) < 4.78 is 0. The van der Waals surface area contributed by atoms with Crippen LogP contribution in [-0.2, 0) is 0 Å². The van der Waals surface area contributed by atoms with Crippen LogP contribution in [0.2, 0.25) is 0 Å². The average Bonchev–Trinajstić information content (AvgIpc) is 2.56. The first-order valence-corrected chi connectivity index (χ1v) is 9.57. The molecule has 4 aliphatic carbocycles. The monoisotopic (exact) mass is 294 g/mol. The van der Waals surface area contributed by atoms with Crippen molar-refractivity contribution in [1.29, 1.82) is 0 Å². The summed E-state index contributed by atoms with van der Waals surface area (Å²) in [5, 5.41) is 0. The van der Waals surface area contributed by atoms with Crippen LogP contribution < -0.4 is 0 Å². The Morgan fingerprint density at radius 1 is 0.818 bits per heavy atom. The predicted octanol–water partition coefficient (Wildman–Crippen LogP) is 6.80. The normalized spacial score (nSPS) is 29.4. The van der Waals surface area contributed by atoms with Crippen LogP contribution in [0.1, 0.15) is 84.5 Å². The molecule has 0 N–H and O–H groups in total. The van der Waals surface area contributed by atoms with Gasteiger partial charge in [0.25, 0.3) is 0 Å². The maximum atomic E-state index is 2.55. The fourth-order valence-corrected chi connectivity index (χ4v) is 5.34. The van der Waals surface area contributed by atoms with Crippen molar-refractivity contribution in [2.24, 2.45) is 5.92 Å². The van der Waals surface area contributed by atoms with Crippen molar-refractivity contribution in [3.63, 3.8) is 0 Å². The Balaban J connectivity index is 1.86. The molecule has 0 nitrogen and oxygen atoms in total. The standard InChI is InChI=1S/C22H30/c1-15-11-13-17-7-3-5-9-19(17)21(15)22-16(2)12-14-18-8-4-6-10-20(18)22/h11,17H,3-10,12-14H2,1-2H3. The molecule has 4 aliphatic rings. The lowest BCUT2D eigenvalue weighted by Crippen LogP contribution is -2.20. The highest BCUT2D eigenvalue weighted by Crippen LogP contribution is 2.49. The highest BCUT2D eigenvalue weighted by Gasteiger charge is 2.31. The van der Waals surface area contributed by atoms with E-state index in [2.05, 4.69) is 19.9 Å². The van der Waals surface area contributed by atoms with E-state index >= 15 is 0 Å². The molecule has 0 bridgehead atoms. The number of hydrogen-bond acceptors (Lipinski definition) is 0. The van der Waals surface area contributed by atoms with E-state index in [0.29, 0.717) is 0 Å². The Labute approximate surface area is 136 Å². The van der Waals surface area contributed by atoms with Crippen LogP contribution >= 0.6 is 0 Å². The van der Waals surface area contributed by atoms with Gasteiger partial charge < -0.3 is 0 Å². The molecule has 1 atom stereocenters. The van der Waals surface area contributed by atoms with Crippen molar-refractivity contribution < 1.29 is 0 Å². The molecule has 4 rings (SSSR count). The minimum Gasteiger partial charge on any atom is -0.0804 e. The maximum absolute atomic E-state index is 2.55. The third-order valence-electron chi connectivity index (χ3n) is 6.53. The summed E-state index contributed by atoms with van der Waals surface area (Å²) in [5.41, 5.74) is 12.1. The van der Waals surface area contributed by atoms with Crippen LogP contribution in [-0.4, -0.2) is 0 Å². The third kappa shape index (κ3) is 2.36. The zero-order valence-corrected chi connectivity index (χ0v) is 14.4. The van der Waals surface area contributed by atoms with Gasteiger partial charge >= 0.3 is 0 Å². The van der Waals surface area contributed by atoms with Gasteiger partial charge in [-0.1, -0.05) is 29.2 Å². The second-order valence-electron chi connectivity index (χ2n) is 7.91. The Bertz CT molecular complexity index is 606. The zero-order chi connectivity index (χ0) is 15.1. The van der Waals surface area contributed by atoms with Gasteiger partial charge in [0.15, 0.2) is 0 Å². The smallest absolute Gasteiger partial charge is 0.0159 e. The van der Waals surface area contributed by atoms with Crippen molar-refractivity contribution in [2.75, 3.05) is 0 Å². The minimum atomic E-state index is 0.863. The van der Waals surface area contributed by atoms with Gasteiger partial charge in [0.1, 0.15) is 0 Å². The molecule has 0 amide bonds. The van der Waals surface area contributed by atoms with E-state index in [-0.39, 0.29) is 0 Å². The first kappa shape index (κ1) is 14.5. The summed E-state index contributed by atoms with van der Waals surface area (Å²) in [6, 6.07) is 0. The molecule has 0 spiro atoms. The maximum Gasteiger partial charge on any atom is -0.0159 e. The van der Waals surface area contributed by atoms with Crippen molar-refractivity contribution in [3.8, 4) is 0 Å². The zero-order valence-electron chi connectivity index (χ0n) is 14.4. The van der Waals surface area contributed by atoms with Gasteiger partial charge in [-0.05, 0) is 106 Å². The Hall–Kier alpha value is -1.04. The minimum absolute atomic E-state index is 0.863. The summed E-state index contributed by atoms with van der Waals surface area (Å²) in [7, 11) is 0. The Morgan fingerprint density at radius 2 is 1.64 bits per heavy atom. The molecule has 0 aromatic heterocycles. The summed E-state index contributed by atoms with van der Waals surface area (Å²) in [5.74, 6) is 0.863. The molecule has 0 heterocycles. The van der Waals surface area contributed by atoms with Gasteiger partial charge in [0.2, 0.25) is 0 Å². The van der Waals surface area contributed by atoms with Gasteiger partial charge in [0, 0.05) is 0 Å². The quantitative estimate of drug-likeness (QED) is 0.498. The summed E-state index contributed by atoms with van der Waals surface area (Å²) in [6.07, 6.45) is 17.7. The average molecular weight is 294 g/mol. The lowest BCUT2D eigenvalue weighted by atomic mass is 9.68. The molecule has 0 radical (unpaired) electrons. The molecule has 118 valence electrons. The third-order valence-corrected chi connectivity index (χ3v) is 6.53. The predicted molar refractivity (Wildman–Crippen MR) is 94.8 cm³/mol. The van der Waals surface area contributed by atoms with E-state index in [9.17, 15) is 0 Å². The second-order valence-corrected chi connectivity index (χ2v) is 7.91. The molecule has 1 saturated carbocycles. The molecular weight excluding hydrogens is 264 g/mol. The van der Waals surface area contributed by atoms with E-state index in [1.165, 1.54) is 70.6 Å². The summed E-state index contributed by atoms with van der Waals surface area (Å²) in [4.78, 5) is 0. The van der Waals surface area contributed by atoms with Crippen molar-refractivity contribution >= 4 is 0 Å². The number of fused-ring (bicyclic) bond motifs is 1. The summed E-state index contributed by atoms with van der Waals surface area (Å²) >= 11 is 0. The highest BCUT2D eigenvalue weighted by atomic mass is 14.4. The fraction of sp³-hybridized carbons (Fsp3) is 0.636. The topological polar surface area (TPSA) is 0 Å². The van der Waals surface area contributed by atoms with E-state index < -0.39 is 0 Å². The molecule has 0 saturated heterocycles. The van der Waals surface area contributed by atoms with Crippen LogP contribution in [0.5, 0.6) is 0 Å². The van der Waals surface area contributed by atoms with Gasteiger partial charge in [-0.25, -0.2) is 0 Å². The van der Waals surface area contributed by atoms with Crippen molar-refractivity contribution in [3.05, 3.63) is 45.1 Å². The first-order valence-electron chi connectivity index (χ1n) is 9.57. The molecule has 22 heavy (non-hydrogen) atoms. The molecule has 0 heteroatoms. The van der Waals surface area contributed by atoms with Crippen molar-refractivity contribution in [2.45, 2.75) is 84.5 Å². The molecule has 0 aliphatic heterocycles. The summed E-state index contributed by atoms with van der Waals surface area (Å²) in [6.45, 7) is 4.80. The molecule has 1 fully saturated rings. The fourth-order valence-electron chi connectivity index (χ4n) is 5.34.